The van der Waals surface area contributed by atoms with Crippen LogP contribution in [-0.2, 0) is 14.3 Å². The normalized spacial score (nSPS) is 19.7. The van der Waals surface area contributed by atoms with Gasteiger partial charge in [0.25, 0.3) is 0 Å². The zero-order valence-electron chi connectivity index (χ0n) is 17.5. The summed E-state index contributed by atoms with van der Waals surface area (Å²) < 4.78 is 10.5. The molecule has 6 heteroatoms. The lowest BCUT2D eigenvalue weighted by atomic mass is 9.61. The van der Waals surface area contributed by atoms with E-state index in [4.69, 9.17) is 9.47 Å². The van der Waals surface area contributed by atoms with Gasteiger partial charge >= 0.3 is 5.97 Å². The standard InChI is InChI=1S/C24H24N2O4/c1-5-30-23(28)24(3)21(17-9-7-6-8-10-17)20(22(24)26-16(2)27)15-25-18-11-13-19(29-4)14-12-18/h6-15H,5H2,1-4H3. The highest BCUT2D eigenvalue weighted by atomic mass is 16.5. The number of methoxy groups -OCH3 is 1. The molecule has 0 aromatic heterocycles. The van der Waals surface area contributed by atoms with E-state index in [9.17, 15) is 9.59 Å². The molecule has 2 aromatic rings. The van der Waals surface area contributed by atoms with Crippen molar-refractivity contribution in [2.75, 3.05) is 13.7 Å². The molecule has 1 unspecified atom stereocenters. The molecule has 0 heterocycles. The van der Waals surface area contributed by atoms with Crippen molar-refractivity contribution < 1.29 is 19.1 Å². The Morgan fingerprint density at radius 2 is 1.73 bits per heavy atom. The molecule has 0 fully saturated rings. The Morgan fingerprint density at radius 3 is 2.30 bits per heavy atom. The average Bonchev–Trinajstić information content (AvgIpc) is 2.75. The highest BCUT2D eigenvalue weighted by Gasteiger charge is 2.54. The van der Waals surface area contributed by atoms with Gasteiger partial charge in [-0.1, -0.05) is 30.3 Å². The van der Waals surface area contributed by atoms with Gasteiger partial charge in [-0.3, -0.25) is 14.6 Å². The summed E-state index contributed by atoms with van der Waals surface area (Å²) in [6, 6.07) is 16.8. The number of benzene rings is 2. The molecule has 0 bridgehead atoms. The van der Waals surface area contributed by atoms with Crippen molar-refractivity contribution in [3.05, 3.63) is 65.7 Å². The van der Waals surface area contributed by atoms with Gasteiger partial charge in [0.05, 0.1) is 25.1 Å². The Morgan fingerprint density at radius 1 is 1.07 bits per heavy atom. The smallest absolute Gasteiger partial charge is 0.322 e. The lowest BCUT2D eigenvalue weighted by Gasteiger charge is -2.41. The molecule has 1 atom stereocenters. The van der Waals surface area contributed by atoms with Gasteiger partial charge < -0.3 is 9.47 Å². The van der Waals surface area contributed by atoms with Crippen LogP contribution in [-0.4, -0.2) is 37.5 Å². The monoisotopic (exact) mass is 404 g/mol. The zero-order chi connectivity index (χ0) is 21.7. The highest BCUT2D eigenvalue weighted by molar-refractivity contribution is 6.42. The first-order chi connectivity index (χ1) is 14.4. The van der Waals surface area contributed by atoms with Crippen molar-refractivity contribution in [1.82, 2.24) is 0 Å². The Bertz CT molecular complexity index is 1040. The van der Waals surface area contributed by atoms with Crippen molar-refractivity contribution in [1.29, 1.82) is 0 Å². The van der Waals surface area contributed by atoms with Crippen LogP contribution in [0.5, 0.6) is 5.75 Å². The number of hydrogen-bond donors (Lipinski definition) is 0. The molecule has 0 radical (unpaired) electrons. The van der Waals surface area contributed by atoms with E-state index in [0.29, 0.717) is 17.0 Å². The molecule has 1 amide bonds. The van der Waals surface area contributed by atoms with Gasteiger partial charge in [-0.15, -0.1) is 0 Å². The third kappa shape index (κ3) is 3.94. The van der Waals surface area contributed by atoms with Crippen LogP contribution in [0.2, 0.25) is 0 Å². The number of rotatable bonds is 6. The Balaban J connectivity index is 2.15. The molecular formula is C24H24N2O4. The number of carbonyl (C=O) groups is 2. The maximum absolute atomic E-state index is 12.9. The number of allylic oxidation sites excluding steroid dienone is 1. The van der Waals surface area contributed by atoms with E-state index in [1.807, 2.05) is 54.6 Å². The average molecular weight is 404 g/mol. The molecule has 0 aliphatic heterocycles. The van der Waals surface area contributed by atoms with Crippen molar-refractivity contribution >= 4 is 35.1 Å². The van der Waals surface area contributed by atoms with E-state index < -0.39 is 11.4 Å². The summed E-state index contributed by atoms with van der Waals surface area (Å²) in [6.45, 7) is 5.08. The third-order valence-electron chi connectivity index (χ3n) is 4.93. The number of aliphatic imine (C=N–C) groups is 2. The van der Waals surface area contributed by atoms with Crippen LogP contribution in [0.3, 0.4) is 0 Å². The number of hydrogen-bond acceptors (Lipinski definition) is 5. The Kier molecular flexibility index (Phi) is 6.26. The third-order valence-corrected chi connectivity index (χ3v) is 4.93. The molecule has 3 rings (SSSR count). The maximum atomic E-state index is 12.9. The van der Waals surface area contributed by atoms with Crippen molar-refractivity contribution in [2.45, 2.75) is 20.8 Å². The van der Waals surface area contributed by atoms with Crippen molar-refractivity contribution in [3.63, 3.8) is 0 Å². The molecular weight excluding hydrogens is 380 g/mol. The first kappa shape index (κ1) is 21.2. The van der Waals surface area contributed by atoms with E-state index in [1.165, 1.54) is 6.92 Å². The van der Waals surface area contributed by atoms with Gasteiger partial charge in [-0.25, -0.2) is 4.99 Å². The summed E-state index contributed by atoms with van der Waals surface area (Å²) in [5, 5.41) is 0. The lowest BCUT2D eigenvalue weighted by molar-refractivity contribution is -0.148. The second kappa shape index (κ2) is 8.86. The second-order valence-electron chi connectivity index (χ2n) is 6.94. The summed E-state index contributed by atoms with van der Waals surface area (Å²) in [5.74, 6) is -0.0936. The second-order valence-corrected chi connectivity index (χ2v) is 6.94. The fourth-order valence-corrected chi connectivity index (χ4v) is 3.50. The van der Waals surface area contributed by atoms with Gasteiger partial charge in [-0.05, 0) is 49.2 Å². The number of carbonyl (C=O) groups excluding carboxylic acids is 2. The number of ether oxygens (including phenoxy) is 2. The van der Waals surface area contributed by atoms with Crippen LogP contribution >= 0.6 is 0 Å². The minimum atomic E-state index is -1.15. The first-order valence-corrected chi connectivity index (χ1v) is 9.67. The SMILES string of the molecule is CCOC(=O)C1(C)C(=NC(C)=O)C(C=Nc2ccc(OC)cc2)=C1c1ccccc1. The number of esters is 1. The topological polar surface area (TPSA) is 77.3 Å². The molecule has 0 spiro atoms. The molecule has 0 saturated carbocycles. The minimum absolute atomic E-state index is 0.235. The van der Waals surface area contributed by atoms with Crippen LogP contribution in [0.25, 0.3) is 5.57 Å². The van der Waals surface area contributed by atoms with E-state index in [0.717, 1.165) is 16.9 Å². The quantitative estimate of drug-likeness (QED) is 0.527. The molecule has 2 aromatic carbocycles. The molecule has 154 valence electrons. The van der Waals surface area contributed by atoms with Crippen LogP contribution in [0.15, 0.2) is 70.2 Å². The van der Waals surface area contributed by atoms with Crippen LogP contribution < -0.4 is 4.74 Å². The van der Waals surface area contributed by atoms with Crippen molar-refractivity contribution in [2.24, 2.45) is 15.4 Å². The summed E-state index contributed by atoms with van der Waals surface area (Å²) in [4.78, 5) is 33.4. The van der Waals surface area contributed by atoms with Crippen LogP contribution in [0.1, 0.15) is 26.3 Å². The fraction of sp³-hybridized carbons (Fsp3) is 0.250. The molecule has 6 nitrogen and oxygen atoms in total. The maximum Gasteiger partial charge on any atom is 0.322 e. The van der Waals surface area contributed by atoms with E-state index in [2.05, 4.69) is 9.98 Å². The highest BCUT2D eigenvalue weighted by Crippen LogP contribution is 2.50. The first-order valence-electron chi connectivity index (χ1n) is 9.67. The van der Waals surface area contributed by atoms with E-state index in [-0.39, 0.29) is 12.5 Å². The van der Waals surface area contributed by atoms with Crippen LogP contribution in [0.4, 0.5) is 5.69 Å². The number of nitrogens with zero attached hydrogens (tertiary/aromatic N) is 2. The van der Waals surface area contributed by atoms with Gasteiger partial charge in [0.2, 0.25) is 5.91 Å². The zero-order valence-corrected chi connectivity index (χ0v) is 17.5. The van der Waals surface area contributed by atoms with Crippen molar-refractivity contribution in [3.8, 4) is 5.75 Å². The predicted octanol–water partition coefficient (Wildman–Crippen LogP) is 4.42. The summed E-state index contributed by atoms with van der Waals surface area (Å²) in [6.07, 6.45) is 1.65. The van der Waals surface area contributed by atoms with Crippen LogP contribution in [0, 0.1) is 5.41 Å². The molecule has 1 aliphatic carbocycles. The molecule has 0 N–H and O–H groups in total. The largest absolute Gasteiger partial charge is 0.497 e. The number of amides is 1. The van der Waals surface area contributed by atoms with Gasteiger partial charge in [-0.2, -0.15) is 0 Å². The fourth-order valence-electron chi connectivity index (χ4n) is 3.50. The summed E-state index contributed by atoms with van der Waals surface area (Å²) in [7, 11) is 1.60. The Hall–Kier alpha value is -3.54. The van der Waals surface area contributed by atoms with Gasteiger partial charge in [0.15, 0.2) is 0 Å². The lowest BCUT2D eigenvalue weighted by Crippen LogP contribution is -2.49. The molecule has 0 saturated heterocycles. The predicted molar refractivity (Wildman–Crippen MR) is 117 cm³/mol. The summed E-state index contributed by atoms with van der Waals surface area (Å²) >= 11 is 0. The van der Waals surface area contributed by atoms with Gasteiger partial charge in [0.1, 0.15) is 11.2 Å². The summed E-state index contributed by atoms with van der Waals surface area (Å²) in [5.41, 5.74) is 2.16. The molecule has 1 aliphatic rings. The Labute approximate surface area is 176 Å². The van der Waals surface area contributed by atoms with Gasteiger partial charge in [0, 0.05) is 18.7 Å². The minimum Gasteiger partial charge on any atom is -0.497 e. The van der Waals surface area contributed by atoms with E-state index >= 15 is 0 Å². The van der Waals surface area contributed by atoms with E-state index in [1.54, 1.807) is 27.2 Å². The molecule has 30 heavy (non-hydrogen) atoms.